The Hall–Kier alpha value is -1.55. The number of benzene rings is 1. The first kappa shape index (κ1) is 11.4. The molecule has 0 bridgehead atoms. The number of hydrogen-bond acceptors (Lipinski definition) is 3. The fourth-order valence-corrected chi connectivity index (χ4v) is 0.838. The molecule has 4 heteroatoms. The van der Waals surface area contributed by atoms with E-state index in [-0.39, 0.29) is 5.91 Å². The zero-order valence-corrected chi connectivity index (χ0v) is 7.87. The Balaban J connectivity index is 0.000000671. The predicted molar refractivity (Wildman–Crippen MR) is 54.4 cm³/mol. The van der Waals surface area contributed by atoms with Crippen molar-refractivity contribution in [1.82, 2.24) is 5.32 Å². The number of hydrogen-bond donors (Lipinski definition) is 3. The van der Waals surface area contributed by atoms with Gasteiger partial charge in [-0.1, -0.05) is 12.1 Å². The molecule has 4 nitrogen and oxygen atoms in total. The SMILES string of the molecule is CN.CNC(=O)c1ccccc1N. The van der Waals surface area contributed by atoms with Crippen molar-refractivity contribution in [3.05, 3.63) is 29.8 Å². The number of nitrogens with two attached hydrogens (primary N) is 2. The topological polar surface area (TPSA) is 81.1 Å². The van der Waals surface area contributed by atoms with Crippen molar-refractivity contribution in [3.8, 4) is 0 Å². The lowest BCUT2D eigenvalue weighted by atomic mass is 10.2. The Morgan fingerprint density at radius 2 is 1.85 bits per heavy atom. The summed E-state index contributed by atoms with van der Waals surface area (Å²) in [5.41, 5.74) is 11.1. The zero-order chi connectivity index (χ0) is 10.3. The van der Waals surface area contributed by atoms with Gasteiger partial charge in [0.2, 0.25) is 0 Å². The summed E-state index contributed by atoms with van der Waals surface area (Å²) in [6.45, 7) is 0. The minimum absolute atomic E-state index is 0.150. The van der Waals surface area contributed by atoms with Gasteiger partial charge in [0.1, 0.15) is 0 Å². The predicted octanol–water partition coefficient (Wildman–Crippen LogP) is 0.203. The summed E-state index contributed by atoms with van der Waals surface area (Å²) >= 11 is 0. The molecule has 0 radical (unpaired) electrons. The van der Waals surface area contributed by atoms with Crippen molar-refractivity contribution < 1.29 is 4.79 Å². The van der Waals surface area contributed by atoms with Gasteiger partial charge in [0.15, 0.2) is 0 Å². The largest absolute Gasteiger partial charge is 0.398 e. The number of anilines is 1. The highest BCUT2D eigenvalue weighted by atomic mass is 16.1. The first-order valence-corrected chi connectivity index (χ1v) is 3.90. The quantitative estimate of drug-likeness (QED) is 0.541. The van der Waals surface area contributed by atoms with Crippen LogP contribution in [0.25, 0.3) is 0 Å². The van der Waals surface area contributed by atoms with Gasteiger partial charge < -0.3 is 16.8 Å². The van der Waals surface area contributed by atoms with Gasteiger partial charge >= 0.3 is 0 Å². The fourth-order valence-electron chi connectivity index (χ4n) is 0.838. The standard InChI is InChI=1S/C8H10N2O.CH5N/c1-10-8(11)6-4-2-3-5-7(6)9;1-2/h2-5H,9H2,1H3,(H,10,11);2H2,1H3. The Kier molecular flexibility index (Phi) is 5.30. The minimum Gasteiger partial charge on any atom is -0.398 e. The molecule has 1 aromatic carbocycles. The first-order valence-electron chi connectivity index (χ1n) is 3.90. The molecule has 0 unspecified atom stereocenters. The molecular weight excluding hydrogens is 166 g/mol. The molecule has 5 N–H and O–H groups in total. The van der Waals surface area contributed by atoms with Crippen LogP contribution in [0.5, 0.6) is 0 Å². The molecule has 0 aliphatic heterocycles. The molecule has 0 spiro atoms. The van der Waals surface area contributed by atoms with E-state index >= 15 is 0 Å². The molecule has 0 saturated heterocycles. The summed E-state index contributed by atoms with van der Waals surface area (Å²) < 4.78 is 0. The van der Waals surface area contributed by atoms with E-state index in [1.54, 1.807) is 31.3 Å². The Bertz CT molecular complexity index is 273. The van der Waals surface area contributed by atoms with E-state index in [4.69, 9.17) is 5.73 Å². The third-order valence-electron chi connectivity index (χ3n) is 1.43. The Morgan fingerprint density at radius 3 is 2.31 bits per heavy atom. The van der Waals surface area contributed by atoms with Crippen LogP contribution >= 0.6 is 0 Å². The summed E-state index contributed by atoms with van der Waals surface area (Å²) in [7, 11) is 3.08. The Labute approximate surface area is 77.9 Å². The summed E-state index contributed by atoms with van der Waals surface area (Å²) in [6, 6.07) is 6.96. The average Bonchev–Trinajstić information content (AvgIpc) is 2.20. The lowest BCUT2D eigenvalue weighted by molar-refractivity contribution is 0.0964. The maximum Gasteiger partial charge on any atom is 0.253 e. The zero-order valence-electron chi connectivity index (χ0n) is 7.87. The number of para-hydroxylation sites is 1. The van der Waals surface area contributed by atoms with Gasteiger partial charge in [-0.05, 0) is 19.2 Å². The number of rotatable bonds is 1. The summed E-state index contributed by atoms with van der Waals surface area (Å²) in [4.78, 5) is 11.0. The van der Waals surface area contributed by atoms with Crippen molar-refractivity contribution in [2.75, 3.05) is 19.8 Å². The highest BCUT2D eigenvalue weighted by Gasteiger charge is 2.04. The second-order valence-electron chi connectivity index (χ2n) is 2.17. The second-order valence-corrected chi connectivity index (χ2v) is 2.17. The third kappa shape index (κ3) is 3.13. The molecule has 0 atom stereocenters. The smallest absolute Gasteiger partial charge is 0.253 e. The normalized spacial score (nSPS) is 8.23. The van der Waals surface area contributed by atoms with E-state index in [1.807, 2.05) is 0 Å². The molecule has 0 aliphatic carbocycles. The van der Waals surface area contributed by atoms with Crippen molar-refractivity contribution in [2.45, 2.75) is 0 Å². The monoisotopic (exact) mass is 181 g/mol. The summed E-state index contributed by atoms with van der Waals surface area (Å²) in [5, 5.41) is 2.50. The number of nitrogens with one attached hydrogen (secondary N) is 1. The second kappa shape index (κ2) is 6.02. The van der Waals surface area contributed by atoms with Crippen LogP contribution in [0.3, 0.4) is 0 Å². The molecule has 72 valence electrons. The molecule has 0 saturated carbocycles. The fraction of sp³-hybridized carbons (Fsp3) is 0.222. The minimum atomic E-state index is -0.150. The van der Waals surface area contributed by atoms with Gasteiger partial charge in [-0.3, -0.25) is 4.79 Å². The van der Waals surface area contributed by atoms with Crippen LogP contribution < -0.4 is 16.8 Å². The molecule has 0 aromatic heterocycles. The molecule has 0 heterocycles. The van der Waals surface area contributed by atoms with E-state index in [1.165, 1.54) is 7.05 Å². The lowest BCUT2D eigenvalue weighted by Crippen LogP contribution is -2.19. The van der Waals surface area contributed by atoms with Gasteiger partial charge in [0.05, 0.1) is 5.56 Å². The van der Waals surface area contributed by atoms with E-state index in [0.29, 0.717) is 11.3 Å². The number of amides is 1. The highest BCUT2D eigenvalue weighted by molar-refractivity contribution is 5.98. The van der Waals surface area contributed by atoms with Crippen LogP contribution in [0.15, 0.2) is 24.3 Å². The van der Waals surface area contributed by atoms with Gasteiger partial charge in [0, 0.05) is 12.7 Å². The molecule has 0 fully saturated rings. The van der Waals surface area contributed by atoms with Gasteiger partial charge in [-0.2, -0.15) is 0 Å². The van der Waals surface area contributed by atoms with Crippen LogP contribution in [0.1, 0.15) is 10.4 Å². The van der Waals surface area contributed by atoms with Gasteiger partial charge in [-0.15, -0.1) is 0 Å². The number of carbonyl (C=O) groups is 1. The van der Waals surface area contributed by atoms with Crippen LogP contribution in [-0.2, 0) is 0 Å². The van der Waals surface area contributed by atoms with Crippen molar-refractivity contribution in [2.24, 2.45) is 5.73 Å². The molecule has 1 aromatic rings. The number of carbonyl (C=O) groups excluding carboxylic acids is 1. The molecule has 1 amide bonds. The molecule has 0 aliphatic rings. The van der Waals surface area contributed by atoms with Gasteiger partial charge in [-0.25, -0.2) is 0 Å². The van der Waals surface area contributed by atoms with Crippen molar-refractivity contribution in [3.63, 3.8) is 0 Å². The molecular formula is C9H15N3O. The van der Waals surface area contributed by atoms with Crippen LogP contribution in [0.2, 0.25) is 0 Å². The summed E-state index contributed by atoms with van der Waals surface area (Å²) in [6.07, 6.45) is 0. The van der Waals surface area contributed by atoms with Crippen LogP contribution in [-0.4, -0.2) is 20.0 Å². The Morgan fingerprint density at radius 1 is 1.31 bits per heavy atom. The molecule has 13 heavy (non-hydrogen) atoms. The first-order chi connectivity index (χ1) is 6.25. The lowest BCUT2D eigenvalue weighted by Gasteiger charge is -2.01. The van der Waals surface area contributed by atoms with Crippen molar-refractivity contribution >= 4 is 11.6 Å². The van der Waals surface area contributed by atoms with E-state index in [9.17, 15) is 4.79 Å². The van der Waals surface area contributed by atoms with Crippen molar-refractivity contribution in [1.29, 1.82) is 0 Å². The van der Waals surface area contributed by atoms with Gasteiger partial charge in [0.25, 0.3) is 5.91 Å². The summed E-state index contributed by atoms with van der Waals surface area (Å²) in [5.74, 6) is -0.150. The average molecular weight is 181 g/mol. The van der Waals surface area contributed by atoms with E-state index in [0.717, 1.165) is 0 Å². The molecule has 1 rings (SSSR count). The number of nitrogen functional groups attached to an aromatic ring is 1. The van der Waals surface area contributed by atoms with E-state index < -0.39 is 0 Å². The van der Waals surface area contributed by atoms with E-state index in [2.05, 4.69) is 11.1 Å². The maximum atomic E-state index is 11.0. The third-order valence-corrected chi connectivity index (χ3v) is 1.43. The van der Waals surface area contributed by atoms with Crippen LogP contribution in [0.4, 0.5) is 5.69 Å². The highest BCUT2D eigenvalue weighted by Crippen LogP contribution is 2.09. The maximum absolute atomic E-state index is 11.0. The van der Waals surface area contributed by atoms with Crippen LogP contribution in [0, 0.1) is 0 Å².